The topological polar surface area (TPSA) is 187 Å². The molecule has 2 fully saturated rings. The molecule has 0 bridgehead atoms. The first-order valence-electron chi connectivity index (χ1n) is 12.0. The number of carboxylic acids is 1. The Labute approximate surface area is 219 Å². The predicted octanol–water partition coefficient (Wildman–Crippen LogP) is -0.802. The van der Waals surface area contributed by atoms with Gasteiger partial charge in [-0.1, -0.05) is 27.7 Å². The Morgan fingerprint density at radius 1 is 1.14 bits per heavy atom. The summed E-state index contributed by atoms with van der Waals surface area (Å²) in [6, 6.07) is -2.43. The third-order valence-electron chi connectivity index (χ3n) is 6.79. The van der Waals surface area contributed by atoms with Crippen molar-refractivity contribution in [3.63, 3.8) is 0 Å². The zero-order valence-corrected chi connectivity index (χ0v) is 22.1. The largest absolute Gasteiger partial charge is 0.480 e. The van der Waals surface area contributed by atoms with Gasteiger partial charge in [0, 0.05) is 0 Å². The summed E-state index contributed by atoms with van der Waals surface area (Å²) in [5, 5.41) is 11.1. The highest BCUT2D eigenvalue weighted by atomic mass is 35.5. The summed E-state index contributed by atoms with van der Waals surface area (Å²) < 4.78 is 0. The minimum absolute atomic E-state index is 0.141. The number of aliphatic carboxylic acids is 1. The molecule has 5 amide bonds. The minimum Gasteiger partial charge on any atom is -0.480 e. The molecule has 0 aromatic heterocycles. The van der Waals surface area contributed by atoms with E-state index in [1.54, 1.807) is 4.90 Å². The number of ketones is 2. The lowest BCUT2D eigenvalue weighted by Gasteiger charge is -2.35. The van der Waals surface area contributed by atoms with Crippen molar-refractivity contribution >= 4 is 52.9 Å². The maximum atomic E-state index is 13.2. The number of hydrogen-bond acceptors (Lipinski definition) is 9. The Bertz CT molecular complexity index is 986. The zero-order valence-electron chi connectivity index (χ0n) is 21.4. The second kappa shape index (κ2) is 12.1. The van der Waals surface area contributed by atoms with Gasteiger partial charge in [-0.15, -0.1) is 11.6 Å². The van der Waals surface area contributed by atoms with Crippen LogP contribution in [-0.2, 0) is 28.8 Å². The number of amides is 5. The number of nitrogens with zero attached hydrogens (tertiary/aromatic N) is 3. The van der Waals surface area contributed by atoms with Crippen molar-refractivity contribution in [2.75, 3.05) is 32.1 Å². The number of Topliss-reactive ketones (excluding diaryl/α,β-unsaturated/α-hetero) is 2. The average Bonchev–Trinajstić information content (AvgIpc) is 3.38. The molecule has 0 saturated carbocycles. The van der Waals surface area contributed by atoms with Crippen molar-refractivity contribution in [1.82, 2.24) is 20.0 Å². The number of carbonyl (C=O) groups excluding carboxylic acids is 6. The molecule has 0 aliphatic carbocycles. The molecule has 0 radical (unpaired) electrons. The number of alkyl halides is 1. The maximum absolute atomic E-state index is 13.2. The molecule has 37 heavy (non-hydrogen) atoms. The maximum Gasteiger partial charge on any atom is 0.328 e. The van der Waals surface area contributed by atoms with E-state index in [1.165, 1.54) is 13.8 Å². The summed E-state index contributed by atoms with van der Waals surface area (Å²) in [5.41, 5.74) is 3.94. The van der Waals surface area contributed by atoms with Crippen LogP contribution in [0.25, 0.3) is 0 Å². The lowest BCUT2D eigenvalue weighted by atomic mass is 9.82. The van der Waals surface area contributed by atoms with E-state index in [0.29, 0.717) is 24.3 Å². The highest BCUT2D eigenvalue weighted by molar-refractivity contribution is 6.28. The number of nitrogens with two attached hydrogens (primary N) is 1. The molecule has 2 aliphatic rings. The Kier molecular flexibility index (Phi) is 9.91. The van der Waals surface area contributed by atoms with Gasteiger partial charge in [0.2, 0.25) is 5.91 Å². The summed E-state index contributed by atoms with van der Waals surface area (Å²) in [5.74, 6) is -6.41. The van der Waals surface area contributed by atoms with E-state index in [4.69, 9.17) is 22.4 Å². The van der Waals surface area contributed by atoms with E-state index in [9.17, 15) is 33.6 Å². The number of hydrogen-bond donors (Lipinski definition) is 3. The van der Waals surface area contributed by atoms with Crippen molar-refractivity contribution in [2.45, 2.75) is 58.2 Å². The molecular weight excluding hydrogens is 510 g/mol. The molecule has 0 aromatic carbocycles. The first kappa shape index (κ1) is 30.3. The van der Waals surface area contributed by atoms with Crippen LogP contribution < -0.4 is 11.1 Å². The lowest BCUT2D eigenvalue weighted by Crippen LogP contribution is -2.67. The summed E-state index contributed by atoms with van der Waals surface area (Å²) in [6.45, 7) is 4.93. The number of likely N-dealkylation sites (tertiary alicyclic amines) is 1. The number of imide groups is 2. The molecule has 2 heterocycles. The molecule has 0 spiro atoms. The van der Waals surface area contributed by atoms with Crippen molar-refractivity contribution < 1.29 is 38.7 Å². The van der Waals surface area contributed by atoms with E-state index in [2.05, 4.69) is 5.32 Å². The Morgan fingerprint density at radius 3 is 2.27 bits per heavy atom. The van der Waals surface area contributed by atoms with Gasteiger partial charge < -0.3 is 15.7 Å². The van der Waals surface area contributed by atoms with Crippen LogP contribution in [0.4, 0.5) is 4.79 Å². The second-order valence-corrected chi connectivity index (χ2v) is 10.2. The molecule has 2 aliphatic heterocycles. The highest BCUT2D eigenvalue weighted by Gasteiger charge is 2.49. The van der Waals surface area contributed by atoms with Gasteiger partial charge in [-0.3, -0.25) is 43.9 Å². The van der Waals surface area contributed by atoms with E-state index in [0.717, 1.165) is 4.90 Å². The number of rotatable bonds is 12. The normalized spacial score (nSPS) is 20.9. The van der Waals surface area contributed by atoms with Crippen molar-refractivity contribution in [2.24, 2.45) is 17.6 Å². The van der Waals surface area contributed by atoms with Gasteiger partial charge in [0.1, 0.15) is 13.1 Å². The Morgan fingerprint density at radius 2 is 1.76 bits per heavy atom. The van der Waals surface area contributed by atoms with Gasteiger partial charge in [-0.2, -0.15) is 0 Å². The summed E-state index contributed by atoms with van der Waals surface area (Å²) in [7, 11) is 0. The van der Waals surface area contributed by atoms with Crippen LogP contribution in [0.15, 0.2) is 0 Å². The van der Waals surface area contributed by atoms with Gasteiger partial charge in [-0.05, 0) is 31.2 Å². The molecule has 0 aromatic rings. The van der Waals surface area contributed by atoms with Crippen LogP contribution >= 0.6 is 11.6 Å². The second-order valence-electron chi connectivity index (χ2n) is 9.96. The molecule has 13 nitrogen and oxygen atoms in total. The number of halogens is 1. The van der Waals surface area contributed by atoms with Gasteiger partial charge >= 0.3 is 12.0 Å². The van der Waals surface area contributed by atoms with Crippen LogP contribution in [0.2, 0.25) is 0 Å². The first-order valence-corrected chi connectivity index (χ1v) is 12.5. The fraction of sp³-hybridized carbons (Fsp3) is 0.696. The van der Waals surface area contributed by atoms with E-state index < -0.39 is 78.7 Å². The van der Waals surface area contributed by atoms with Gasteiger partial charge in [0.15, 0.2) is 17.1 Å². The average molecular weight is 544 g/mol. The predicted molar refractivity (Wildman–Crippen MR) is 130 cm³/mol. The summed E-state index contributed by atoms with van der Waals surface area (Å²) in [4.78, 5) is 90.5. The van der Waals surface area contributed by atoms with Crippen LogP contribution in [0.3, 0.4) is 0 Å². The molecule has 2 saturated heterocycles. The van der Waals surface area contributed by atoms with Gasteiger partial charge in [0.05, 0.1) is 24.5 Å². The van der Waals surface area contributed by atoms with Crippen LogP contribution in [0.1, 0.15) is 40.5 Å². The van der Waals surface area contributed by atoms with E-state index in [-0.39, 0.29) is 17.6 Å². The van der Waals surface area contributed by atoms with E-state index >= 15 is 0 Å². The van der Waals surface area contributed by atoms with Gasteiger partial charge in [0.25, 0.3) is 11.8 Å². The molecular formula is C23H34ClN5O8. The molecule has 4 N–H and O–H groups in total. The Balaban J connectivity index is 2.20. The number of carboxylic acid groups (broad SMARTS) is 1. The monoisotopic (exact) mass is 543 g/mol. The number of nitrogens with one attached hydrogen (secondary N) is 1. The first-order chi connectivity index (χ1) is 17.2. The highest BCUT2D eigenvalue weighted by Crippen LogP contribution is 2.26. The standard InChI is InChI=1S/C23H34ClN5O8/c1-12(2)19(15(30)8-24)28-7-5-6-14(28)20(35)26-21(36)23(25,13(3)4)16(31)9-29-17(32)10-27(22(29)37)11-18(33)34/h12-14,19H,5-11,25H2,1-4H3,(H,33,34)(H,26,35,36)/t14-,19-,23+/m0/s1. The zero-order chi connectivity index (χ0) is 28.2. The fourth-order valence-corrected chi connectivity index (χ4v) is 4.90. The van der Waals surface area contributed by atoms with Crippen LogP contribution in [0.5, 0.6) is 0 Å². The third kappa shape index (κ3) is 6.33. The van der Waals surface area contributed by atoms with Crippen molar-refractivity contribution in [3.05, 3.63) is 0 Å². The van der Waals surface area contributed by atoms with Gasteiger partial charge in [-0.25, -0.2) is 4.79 Å². The van der Waals surface area contributed by atoms with Crippen LogP contribution in [0, 0.1) is 11.8 Å². The number of carbonyl (C=O) groups is 7. The van der Waals surface area contributed by atoms with Crippen molar-refractivity contribution in [3.8, 4) is 0 Å². The third-order valence-corrected chi connectivity index (χ3v) is 7.05. The molecule has 2 rings (SSSR count). The quantitative estimate of drug-likeness (QED) is 0.160. The van der Waals surface area contributed by atoms with Crippen LogP contribution in [-0.4, -0.2) is 111 Å². The molecule has 206 valence electrons. The summed E-state index contributed by atoms with van der Waals surface area (Å²) in [6.07, 6.45) is 0.981. The molecule has 3 atom stereocenters. The molecule has 14 heteroatoms. The molecule has 0 unspecified atom stereocenters. The smallest absolute Gasteiger partial charge is 0.328 e. The van der Waals surface area contributed by atoms with Crippen molar-refractivity contribution in [1.29, 1.82) is 0 Å². The Hall–Kier alpha value is -2.90. The lowest BCUT2D eigenvalue weighted by molar-refractivity contribution is -0.144. The minimum atomic E-state index is -2.27. The van der Waals surface area contributed by atoms with E-state index in [1.807, 2.05) is 13.8 Å². The fourth-order valence-electron chi connectivity index (χ4n) is 4.74. The summed E-state index contributed by atoms with van der Waals surface area (Å²) >= 11 is 5.77. The number of urea groups is 1. The SMILES string of the molecule is CC(C)[C@@H](C(=O)CCl)N1CCC[C@H]1C(=O)NC(=O)[C@](N)(C(=O)CN1C(=O)CN(CC(=O)O)C1=O)C(C)C.